The van der Waals surface area contributed by atoms with E-state index < -0.39 is 9.84 Å². The van der Waals surface area contributed by atoms with Gasteiger partial charge >= 0.3 is 0 Å². The van der Waals surface area contributed by atoms with Crippen LogP contribution >= 0.6 is 12.2 Å². The number of nitrogens with zero attached hydrogens (tertiary/aromatic N) is 3. The number of nitrogens with one attached hydrogen (secondary N) is 1. The minimum atomic E-state index is -2.94. The molecule has 152 valence electrons. The van der Waals surface area contributed by atoms with Crippen LogP contribution in [0.3, 0.4) is 0 Å². The van der Waals surface area contributed by atoms with Gasteiger partial charge in [0.1, 0.15) is 0 Å². The Kier molecular flexibility index (Phi) is 5.82. The van der Waals surface area contributed by atoms with Crippen LogP contribution in [0, 0.1) is 27.7 Å². The number of aromatic nitrogens is 2. The molecule has 1 aliphatic rings. The molecule has 6 nitrogen and oxygen atoms in total. The number of anilines is 1. The lowest BCUT2D eigenvalue weighted by Crippen LogP contribution is -2.31. The van der Waals surface area contributed by atoms with Gasteiger partial charge in [-0.05, 0) is 63.5 Å². The molecule has 0 saturated carbocycles. The summed E-state index contributed by atoms with van der Waals surface area (Å²) in [6, 6.07) is 6.05. The normalized spacial score (nSPS) is 18.2. The molecule has 1 aromatic carbocycles. The molecule has 1 N–H and O–H groups in total. The van der Waals surface area contributed by atoms with Crippen LogP contribution in [-0.4, -0.2) is 46.8 Å². The summed E-state index contributed by atoms with van der Waals surface area (Å²) in [5.41, 5.74) is 6.44. The number of rotatable bonds is 4. The average Bonchev–Trinajstić information content (AvgIpc) is 3.12. The van der Waals surface area contributed by atoms with Gasteiger partial charge in [-0.3, -0.25) is 4.68 Å². The van der Waals surface area contributed by atoms with E-state index in [1.54, 1.807) is 0 Å². The molecule has 0 aliphatic carbocycles. The maximum Gasteiger partial charge on any atom is 0.173 e. The van der Waals surface area contributed by atoms with Gasteiger partial charge in [0, 0.05) is 30.5 Å². The van der Waals surface area contributed by atoms with Gasteiger partial charge in [0.25, 0.3) is 0 Å². The van der Waals surface area contributed by atoms with Gasteiger partial charge in [0.05, 0.1) is 23.2 Å². The highest BCUT2D eigenvalue weighted by atomic mass is 32.2. The van der Waals surface area contributed by atoms with Crippen molar-refractivity contribution in [3.63, 3.8) is 0 Å². The van der Waals surface area contributed by atoms with Crippen molar-refractivity contribution in [2.75, 3.05) is 23.9 Å². The Morgan fingerprint density at radius 1 is 1.32 bits per heavy atom. The van der Waals surface area contributed by atoms with Crippen molar-refractivity contribution in [3.05, 3.63) is 46.3 Å². The molecular weight excluding hydrogens is 392 g/mol. The zero-order valence-corrected chi connectivity index (χ0v) is 18.7. The van der Waals surface area contributed by atoms with E-state index in [9.17, 15) is 8.42 Å². The maximum absolute atomic E-state index is 11.8. The highest BCUT2D eigenvalue weighted by molar-refractivity contribution is 7.91. The van der Waals surface area contributed by atoms with Crippen LogP contribution in [0.4, 0.5) is 5.69 Å². The van der Waals surface area contributed by atoms with Crippen molar-refractivity contribution in [3.8, 4) is 0 Å². The summed E-state index contributed by atoms with van der Waals surface area (Å²) in [5.74, 6) is 0.423. The van der Waals surface area contributed by atoms with Gasteiger partial charge in [0.2, 0.25) is 0 Å². The smallest absolute Gasteiger partial charge is 0.173 e. The van der Waals surface area contributed by atoms with E-state index in [2.05, 4.69) is 30.3 Å². The number of sulfone groups is 1. The van der Waals surface area contributed by atoms with Crippen molar-refractivity contribution in [2.45, 2.75) is 46.7 Å². The predicted octanol–water partition coefficient (Wildman–Crippen LogP) is 3.31. The van der Waals surface area contributed by atoms with Gasteiger partial charge in [-0.1, -0.05) is 12.1 Å². The first-order valence-corrected chi connectivity index (χ1v) is 11.7. The van der Waals surface area contributed by atoms with Crippen LogP contribution in [0.5, 0.6) is 0 Å². The van der Waals surface area contributed by atoms with Crippen molar-refractivity contribution in [1.29, 1.82) is 0 Å². The summed E-state index contributed by atoms with van der Waals surface area (Å²) >= 11 is 5.60. The SMILES string of the molecule is Cc1cccc(NC(=S)N(C)Cc2c(C)nn([C@@H]3CCS(=O)(=O)C3)c2C)c1C. The third kappa shape index (κ3) is 4.22. The first-order valence-electron chi connectivity index (χ1n) is 9.42. The fraction of sp³-hybridized carbons (Fsp3) is 0.500. The summed E-state index contributed by atoms with van der Waals surface area (Å²) < 4.78 is 25.6. The number of thiocarbonyl (C=S) groups is 1. The molecule has 3 rings (SSSR count). The van der Waals surface area contributed by atoms with E-state index in [-0.39, 0.29) is 17.5 Å². The lowest BCUT2D eigenvalue weighted by atomic mass is 10.1. The minimum Gasteiger partial charge on any atom is -0.348 e. The zero-order valence-electron chi connectivity index (χ0n) is 17.1. The Bertz CT molecular complexity index is 1010. The Labute approximate surface area is 172 Å². The van der Waals surface area contributed by atoms with E-state index in [1.165, 1.54) is 11.1 Å². The molecule has 1 aliphatic heterocycles. The standard InChI is InChI=1S/C20H28N4O2S2/c1-13-7-6-8-19(14(13)2)21-20(27)23(5)11-18-15(3)22-24(16(18)4)17-9-10-28(25,26)12-17/h6-8,17H,9-12H2,1-5H3,(H,21,27)/t17-/m1/s1. The summed E-state index contributed by atoms with van der Waals surface area (Å²) in [4.78, 5) is 1.99. The second-order valence-electron chi connectivity index (χ2n) is 7.68. The molecule has 0 spiro atoms. The molecule has 1 saturated heterocycles. The largest absolute Gasteiger partial charge is 0.348 e. The monoisotopic (exact) mass is 420 g/mol. The lowest BCUT2D eigenvalue weighted by molar-refractivity contribution is 0.479. The van der Waals surface area contributed by atoms with Crippen LogP contribution in [0.15, 0.2) is 18.2 Å². The molecule has 0 unspecified atom stereocenters. The Balaban J connectivity index is 1.74. The highest BCUT2D eigenvalue weighted by Gasteiger charge is 2.31. The molecule has 1 aromatic heterocycles. The fourth-order valence-corrected chi connectivity index (χ4v) is 5.52. The summed E-state index contributed by atoms with van der Waals surface area (Å²) in [5, 5.41) is 8.62. The molecule has 1 fully saturated rings. The number of hydrogen-bond donors (Lipinski definition) is 1. The first-order chi connectivity index (χ1) is 13.1. The molecule has 0 radical (unpaired) electrons. The Morgan fingerprint density at radius 3 is 2.68 bits per heavy atom. The molecule has 2 aromatic rings. The number of aryl methyl sites for hydroxylation is 2. The predicted molar refractivity (Wildman–Crippen MR) is 118 cm³/mol. The lowest BCUT2D eigenvalue weighted by Gasteiger charge is -2.22. The van der Waals surface area contributed by atoms with E-state index in [4.69, 9.17) is 12.2 Å². The minimum absolute atomic E-state index is 0.0669. The van der Waals surface area contributed by atoms with Crippen molar-refractivity contribution in [2.24, 2.45) is 0 Å². The third-order valence-electron chi connectivity index (χ3n) is 5.62. The number of hydrogen-bond acceptors (Lipinski definition) is 4. The molecule has 1 atom stereocenters. The zero-order chi connectivity index (χ0) is 20.6. The number of benzene rings is 1. The van der Waals surface area contributed by atoms with Crippen molar-refractivity contribution in [1.82, 2.24) is 14.7 Å². The summed E-state index contributed by atoms with van der Waals surface area (Å²) in [6.45, 7) is 8.76. The fourth-order valence-electron chi connectivity index (χ4n) is 3.66. The Hall–Kier alpha value is -1.93. The molecule has 28 heavy (non-hydrogen) atoms. The van der Waals surface area contributed by atoms with Gasteiger partial charge in [0.15, 0.2) is 14.9 Å². The topological polar surface area (TPSA) is 67.2 Å². The first kappa shape index (κ1) is 20.8. The van der Waals surface area contributed by atoms with Crippen LogP contribution in [-0.2, 0) is 16.4 Å². The highest BCUT2D eigenvalue weighted by Crippen LogP contribution is 2.27. The average molecular weight is 421 g/mol. The second kappa shape index (κ2) is 7.83. The summed E-state index contributed by atoms with van der Waals surface area (Å²) in [6.07, 6.45) is 0.631. The van der Waals surface area contributed by atoms with Crippen LogP contribution < -0.4 is 5.32 Å². The van der Waals surface area contributed by atoms with Crippen LogP contribution in [0.2, 0.25) is 0 Å². The van der Waals surface area contributed by atoms with Gasteiger partial charge < -0.3 is 10.2 Å². The third-order valence-corrected chi connectivity index (χ3v) is 7.78. The quantitative estimate of drug-likeness (QED) is 0.766. The maximum atomic E-state index is 11.8. The van der Waals surface area contributed by atoms with E-state index in [0.717, 1.165) is 22.6 Å². The molecule has 2 heterocycles. The van der Waals surface area contributed by atoms with Gasteiger partial charge in [-0.2, -0.15) is 5.10 Å². The molecule has 0 bridgehead atoms. The molecular formula is C20H28N4O2S2. The van der Waals surface area contributed by atoms with Crippen molar-refractivity contribution < 1.29 is 8.42 Å². The molecule has 8 heteroatoms. The van der Waals surface area contributed by atoms with E-state index in [0.29, 0.717) is 18.1 Å². The van der Waals surface area contributed by atoms with E-state index in [1.807, 2.05) is 42.6 Å². The van der Waals surface area contributed by atoms with Gasteiger partial charge in [-0.25, -0.2) is 8.42 Å². The van der Waals surface area contributed by atoms with E-state index >= 15 is 0 Å². The second-order valence-corrected chi connectivity index (χ2v) is 10.3. The Morgan fingerprint density at radius 2 is 2.04 bits per heavy atom. The molecule has 0 amide bonds. The van der Waals surface area contributed by atoms with Gasteiger partial charge in [-0.15, -0.1) is 0 Å². The van der Waals surface area contributed by atoms with Crippen LogP contribution in [0.25, 0.3) is 0 Å². The van der Waals surface area contributed by atoms with Crippen molar-refractivity contribution >= 4 is 32.9 Å². The summed E-state index contributed by atoms with van der Waals surface area (Å²) in [7, 11) is -0.990. The van der Waals surface area contributed by atoms with Crippen LogP contribution in [0.1, 0.15) is 40.5 Å².